The number of benzene rings is 1. The van der Waals surface area contributed by atoms with Crippen molar-refractivity contribution < 1.29 is 9.90 Å². The molecule has 0 fully saturated rings. The van der Waals surface area contributed by atoms with Crippen LogP contribution in [0, 0.1) is 0 Å². The molecular weight excluding hydrogens is 242 g/mol. The van der Waals surface area contributed by atoms with Crippen molar-refractivity contribution in [3.8, 4) is 11.1 Å². The van der Waals surface area contributed by atoms with E-state index in [-0.39, 0.29) is 11.5 Å². The number of nitrogen functional groups attached to an aromatic ring is 1. The van der Waals surface area contributed by atoms with Gasteiger partial charge in [-0.1, -0.05) is 12.1 Å². The van der Waals surface area contributed by atoms with Crippen molar-refractivity contribution in [2.45, 2.75) is 0 Å². The van der Waals surface area contributed by atoms with E-state index >= 15 is 0 Å². The van der Waals surface area contributed by atoms with Gasteiger partial charge in [-0.2, -0.15) is 0 Å². The Kier molecular flexibility index (Phi) is 3.37. The minimum absolute atomic E-state index is 0.0509. The molecule has 5 nitrogen and oxygen atoms in total. The number of carboxylic acids is 1. The average molecular weight is 257 g/mol. The molecule has 3 N–H and O–H groups in total. The summed E-state index contributed by atoms with van der Waals surface area (Å²) in [6, 6.07) is 10.9. The smallest absolute Gasteiger partial charge is 0.354 e. The van der Waals surface area contributed by atoms with Gasteiger partial charge in [0, 0.05) is 25.3 Å². The standard InChI is InChI=1S/C14H15N3O2/c1-17(2)10-5-3-4-9(8-10)11-6-7-12(14(18)19)16-13(11)15/h3-8H,1-2H3,(H2,15,16)(H,18,19). The Hall–Kier alpha value is -2.56. The summed E-state index contributed by atoms with van der Waals surface area (Å²) in [4.78, 5) is 16.7. The molecule has 2 aromatic rings. The summed E-state index contributed by atoms with van der Waals surface area (Å²) in [5.74, 6) is -0.865. The summed E-state index contributed by atoms with van der Waals surface area (Å²) < 4.78 is 0. The molecule has 0 spiro atoms. The molecule has 2 rings (SSSR count). The van der Waals surface area contributed by atoms with Gasteiger partial charge in [-0.3, -0.25) is 0 Å². The lowest BCUT2D eigenvalue weighted by Gasteiger charge is -2.14. The van der Waals surface area contributed by atoms with Crippen LogP contribution in [0.1, 0.15) is 10.5 Å². The largest absolute Gasteiger partial charge is 0.477 e. The SMILES string of the molecule is CN(C)c1cccc(-c2ccc(C(=O)O)nc2N)c1. The number of hydrogen-bond acceptors (Lipinski definition) is 4. The first-order valence-corrected chi connectivity index (χ1v) is 5.76. The lowest BCUT2D eigenvalue weighted by atomic mass is 10.1. The highest BCUT2D eigenvalue weighted by Crippen LogP contribution is 2.27. The van der Waals surface area contributed by atoms with Gasteiger partial charge in [0.25, 0.3) is 0 Å². The fraction of sp³-hybridized carbons (Fsp3) is 0.143. The van der Waals surface area contributed by atoms with Gasteiger partial charge < -0.3 is 15.7 Å². The lowest BCUT2D eigenvalue weighted by Crippen LogP contribution is -2.08. The molecule has 1 aromatic carbocycles. The first-order valence-electron chi connectivity index (χ1n) is 5.76. The summed E-state index contributed by atoms with van der Waals surface area (Å²) in [7, 11) is 3.91. The highest BCUT2D eigenvalue weighted by Gasteiger charge is 2.10. The van der Waals surface area contributed by atoms with Crippen molar-refractivity contribution in [3.63, 3.8) is 0 Å². The predicted octanol–water partition coefficient (Wildman–Crippen LogP) is 2.09. The number of nitrogens with zero attached hydrogens (tertiary/aromatic N) is 2. The van der Waals surface area contributed by atoms with Crippen molar-refractivity contribution in [1.29, 1.82) is 0 Å². The molecule has 0 saturated heterocycles. The van der Waals surface area contributed by atoms with Crippen LogP contribution in [-0.4, -0.2) is 30.2 Å². The number of nitrogens with two attached hydrogens (primary N) is 1. The molecule has 19 heavy (non-hydrogen) atoms. The number of hydrogen-bond donors (Lipinski definition) is 2. The normalized spacial score (nSPS) is 10.2. The Morgan fingerprint density at radius 3 is 2.58 bits per heavy atom. The maximum atomic E-state index is 10.8. The summed E-state index contributed by atoms with van der Waals surface area (Å²) >= 11 is 0. The van der Waals surface area contributed by atoms with E-state index in [4.69, 9.17) is 10.8 Å². The Morgan fingerprint density at radius 2 is 2.00 bits per heavy atom. The molecule has 1 heterocycles. The Morgan fingerprint density at radius 1 is 1.26 bits per heavy atom. The second-order valence-corrected chi connectivity index (χ2v) is 4.38. The van der Waals surface area contributed by atoms with E-state index in [2.05, 4.69) is 4.98 Å². The van der Waals surface area contributed by atoms with Gasteiger partial charge in [0.1, 0.15) is 5.82 Å². The molecule has 0 aliphatic rings. The van der Waals surface area contributed by atoms with Crippen LogP contribution in [0.15, 0.2) is 36.4 Å². The quantitative estimate of drug-likeness (QED) is 0.880. The zero-order valence-corrected chi connectivity index (χ0v) is 10.8. The topological polar surface area (TPSA) is 79.5 Å². The number of aromatic nitrogens is 1. The molecule has 0 amide bonds. The van der Waals surface area contributed by atoms with Gasteiger partial charge in [0.2, 0.25) is 0 Å². The van der Waals surface area contributed by atoms with Crippen LogP contribution >= 0.6 is 0 Å². The molecule has 0 radical (unpaired) electrons. The second-order valence-electron chi connectivity index (χ2n) is 4.38. The molecule has 0 aliphatic carbocycles. The third-order valence-corrected chi connectivity index (χ3v) is 2.82. The summed E-state index contributed by atoms with van der Waals surface area (Å²) in [5.41, 5.74) is 8.46. The first kappa shape index (κ1) is 12.9. The molecule has 0 saturated carbocycles. The third kappa shape index (κ3) is 2.65. The minimum atomic E-state index is -1.08. The van der Waals surface area contributed by atoms with Crippen LogP contribution in [0.25, 0.3) is 11.1 Å². The number of rotatable bonds is 3. The van der Waals surface area contributed by atoms with Crippen molar-refractivity contribution in [1.82, 2.24) is 4.98 Å². The first-order chi connectivity index (χ1) is 8.99. The van der Waals surface area contributed by atoms with Gasteiger partial charge in [-0.25, -0.2) is 9.78 Å². The fourth-order valence-corrected chi connectivity index (χ4v) is 1.79. The zero-order valence-electron chi connectivity index (χ0n) is 10.8. The maximum Gasteiger partial charge on any atom is 0.354 e. The maximum absolute atomic E-state index is 10.8. The highest BCUT2D eigenvalue weighted by atomic mass is 16.4. The number of aromatic carboxylic acids is 1. The van der Waals surface area contributed by atoms with E-state index in [0.29, 0.717) is 0 Å². The molecule has 1 aromatic heterocycles. The number of pyridine rings is 1. The average Bonchev–Trinajstić information content (AvgIpc) is 2.38. The Bertz CT molecular complexity index is 624. The molecular formula is C14H15N3O2. The summed E-state index contributed by atoms with van der Waals surface area (Å²) in [6.07, 6.45) is 0. The molecule has 98 valence electrons. The van der Waals surface area contributed by atoms with Gasteiger partial charge in [0.05, 0.1) is 0 Å². The molecule has 0 bridgehead atoms. The Balaban J connectivity index is 2.47. The van der Waals surface area contributed by atoms with Crippen LogP contribution in [-0.2, 0) is 0 Å². The van der Waals surface area contributed by atoms with Gasteiger partial charge in [-0.05, 0) is 29.8 Å². The van der Waals surface area contributed by atoms with Crippen LogP contribution in [0.3, 0.4) is 0 Å². The highest BCUT2D eigenvalue weighted by molar-refractivity contribution is 5.87. The van der Waals surface area contributed by atoms with E-state index < -0.39 is 5.97 Å². The zero-order chi connectivity index (χ0) is 14.0. The molecule has 0 aliphatic heterocycles. The molecule has 5 heteroatoms. The summed E-state index contributed by atoms with van der Waals surface area (Å²) in [6.45, 7) is 0. The van der Waals surface area contributed by atoms with Crippen LogP contribution in [0.2, 0.25) is 0 Å². The van der Waals surface area contributed by atoms with Crippen molar-refractivity contribution in [3.05, 3.63) is 42.1 Å². The van der Waals surface area contributed by atoms with Crippen LogP contribution in [0.4, 0.5) is 11.5 Å². The van der Waals surface area contributed by atoms with Gasteiger partial charge in [-0.15, -0.1) is 0 Å². The second kappa shape index (κ2) is 4.97. The van der Waals surface area contributed by atoms with Gasteiger partial charge >= 0.3 is 5.97 Å². The molecule has 0 atom stereocenters. The lowest BCUT2D eigenvalue weighted by molar-refractivity contribution is 0.0690. The monoisotopic (exact) mass is 257 g/mol. The third-order valence-electron chi connectivity index (χ3n) is 2.82. The number of anilines is 2. The number of carbonyl (C=O) groups is 1. The fourth-order valence-electron chi connectivity index (χ4n) is 1.79. The molecule has 0 unspecified atom stereocenters. The minimum Gasteiger partial charge on any atom is -0.477 e. The van der Waals surface area contributed by atoms with Crippen LogP contribution < -0.4 is 10.6 Å². The predicted molar refractivity (Wildman–Crippen MR) is 75.4 cm³/mol. The van der Waals surface area contributed by atoms with E-state index in [1.54, 1.807) is 6.07 Å². The van der Waals surface area contributed by atoms with E-state index in [1.807, 2.05) is 43.3 Å². The number of carboxylic acid groups (broad SMARTS) is 1. The van der Waals surface area contributed by atoms with E-state index in [0.717, 1.165) is 16.8 Å². The van der Waals surface area contributed by atoms with Crippen molar-refractivity contribution in [2.75, 3.05) is 24.7 Å². The van der Waals surface area contributed by atoms with E-state index in [1.165, 1.54) is 6.07 Å². The van der Waals surface area contributed by atoms with Crippen LogP contribution in [0.5, 0.6) is 0 Å². The summed E-state index contributed by atoms with van der Waals surface area (Å²) in [5, 5.41) is 8.86. The van der Waals surface area contributed by atoms with Crippen molar-refractivity contribution in [2.24, 2.45) is 0 Å². The van der Waals surface area contributed by atoms with Gasteiger partial charge in [0.15, 0.2) is 5.69 Å². The Labute approximate surface area is 111 Å². The van der Waals surface area contributed by atoms with E-state index in [9.17, 15) is 4.79 Å². The van der Waals surface area contributed by atoms with Crippen molar-refractivity contribution >= 4 is 17.5 Å².